The Morgan fingerprint density at radius 1 is 1.18 bits per heavy atom. The van der Waals surface area contributed by atoms with Gasteiger partial charge in [-0.2, -0.15) is 0 Å². The van der Waals surface area contributed by atoms with Crippen molar-refractivity contribution < 1.29 is 9.84 Å². The minimum atomic E-state index is -0.566. The van der Waals surface area contributed by atoms with Crippen molar-refractivity contribution in [3.63, 3.8) is 0 Å². The fourth-order valence-corrected chi connectivity index (χ4v) is 3.56. The Hall–Kier alpha value is -2.28. The maximum atomic E-state index is 10.1. The largest absolute Gasteiger partial charge is 0.492 e. The van der Waals surface area contributed by atoms with Crippen LogP contribution in [-0.2, 0) is 5.41 Å². The van der Waals surface area contributed by atoms with Gasteiger partial charge in [0, 0.05) is 47.4 Å². The molecule has 0 aliphatic carbocycles. The van der Waals surface area contributed by atoms with Gasteiger partial charge < -0.3 is 15.2 Å². The molecule has 0 amide bonds. The highest BCUT2D eigenvalue weighted by molar-refractivity contribution is 7.10. The van der Waals surface area contributed by atoms with Gasteiger partial charge in [0.25, 0.3) is 0 Å². The number of aliphatic hydroxyl groups is 1. The quantitative estimate of drug-likeness (QED) is 0.558. The summed E-state index contributed by atoms with van der Waals surface area (Å²) >= 11 is 1.70. The van der Waals surface area contributed by atoms with E-state index in [-0.39, 0.29) is 5.41 Å². The van der Waals surface area contributed by atoms with Gasteiger partial charge in [0.15, 0.2) is 0 Å². The molecule has 6 heteroatoms. The van der Waals surface area contributed by atoms with Crippen LogP contribution >= 0.6 is 11.3 Å². The smallest absolute Gasteiger partial charge is 0.119 e. The van der Waals surface area contributed by atoms with Crippen molar-refractivity contribution in [2.75, 3.05) is 19.7 Å². The van der Waals surface area contributed by atoms with E-state index in [2.05, 4.69) is 36.5 Å². The minimum absolute atomic E-state index is 0.0730. The fourth-order valence-electron chi connectivity index (χ4n) is 2.64. The van der Waals surface area contributed by atoms with Gasteiger partial charge in [-0.15, -0.1) is 11.3 Å². The first-order chi connectivity index (χ1) is 13.4. The van der Waals surface area contributed by atoms with Crippen LogP contribution < -0.4 is 10.1 Å². The summed E-state index contributed by atoms with van der Waals surface area (Å²) in [6.07, 6.45) is 2.81. The number of hydrogen-bond donors (Lipinski definition) is 2. The molecule has 0 aliphatic heterocycles. The van der Waals surface area contributed by atoms with E-state index in [1.807, 2.05) is 36.4 Å². The van der Waals surface area contributed by atoms with Gasteiger partial charge in [-0.3, -0.25) is 4.98 Å². The second-order valence-electron chi connectivity index (χ2n) is 7.67. The lowest BCUT2D eigenvalue weighted by atomic mass is 9.98. The van der Waals surface area contributed by atoms with Crippen molar-refractivity contribution in [3.05, 3.63) is 64.7 Å². The molecule has 0 fully saturated rings. The van der Waals surface area contributed by atoms with Crippen LogP contribution in [0.4, 0.5) is 0 Å². The molecular formula is C22H27N3O2S. The zero-order valence-electron chi connectivity index (χ0n) is 16.6. The highest BCUT2D eigenvalue weighted by atomic mass is 32.1. The third-order valence-electron chi connectivity index (χ3n) is 4.25. The standard InChI is InChI=1S/C22H27N3O2S/c1-22(2,3)21-25-19(15-28-21)16-6-8-18(9-7-16)27-12-11-24-14-20(26)17-5-4-10-23-13-17/h4-10,13,15,20,24,26H,11-12,14H2,1-3H3/t20-/m0/s1. The number of thiazole rings is 1. The highest BCUT2D eigenvalue weighted by Crippen LogP contribution is 2.30. The summed E-state index contributed by atoms with van der Waals surface area (Å²) in [5.74, 6) is 0.824. The van der Waals surface area contributed by atoms with E-state index in [0.29, 0.717) is 19.7 Å². The number of nitrogens with one attached hydrogen (secondary N) is 1. The van der Waals surface area contributed by atoms with Gasteiger partial charge in [-0.05, 0) is 30.3 Å². The van der Waals surface area contributed by atoms with E-state index < -0.39 is 6.10 Å². The molecule has 0 bridgehead atoms. The van der Waals surface area contributed by atoms with Gasteiger partial charge in [0.05, 0.1) is 16.8 Å². The second-order valence-corrected chi connectivity index (χ2v) is 8.53. The van der Waals surface area contributed by atoms with Crippen LogP contribution in [0.25, 0.3) is 11.3 Å². The van der Waals surface area contributed by atoms with E-state index in [9.17, 15) is 5.11 Å². The second kappa shape index (κ2) is 9.28. The molecule has 2 N–H and O–H groups in total. The van der Waals surface area contributed by atoms with Gasteiger partial charge >= 0.3 is 0 Å². The molecule has 148 valence electrons. The predicted molar refractivity (Wildman–Crippen MR) is 114 cm³/mol. The number of ether oxygens (including phenoxy) is 1. The van der Waals surface area contributed by atoms with Crippen molar-refractivity contribution in [1.29, 1.82) is 0 Å². The number of benzene rings is 1. The van der Waals surface area contributed by atoms with Gasteiger partial charge in [-0.25, -0.2) is 4.98 Å². The lowest BCUT2D eigenvalue weighted by Crippen LogP contribution is -2.26. The maximum Gasteiger partial charge on any atom is 0.119 e. The topological polar surface area (TPSA) is 67.3 Å². The van der Waals surface area contributed by atoms with Crippen LogP contribution in [0, 0.1) is 0 Å². The number of hydrogen-bond acceptors (Lipinski definition) is 6. The summed E-state index contributed by atoms with van der Waals surface area (Å²) < 4.78 is 5.77. The number of aromatic nitrogens is 2. The highest BCUT2D eigenvalue weighted by Gasteiger charge is 2.18. The van der Waals surface area contributed by atoms with Crippen LogP contribution in [0.15, 0.2) is 54.2 Å². The molecule has 0 spiro atoms. The van der Waals surface area contributed by atoms with E-state index in [4.69, 9.17) is 9.72 Å². The molecule has 3 aromatic rings. The molecule has 2 aromatic heterocycles. The average Bonchev–Trinajstić information content (AvgIpc) is 3.19. The Bertz CT molecular complexity index is 857. The van der Waals surface area contributed by atoms with Crippen LogP contribution in [-0.4, -0.2) is 34.8 Å². The maximum absolute atomic E-state index is 10.1. The monoisotopic (exact) mass is 397 g/mol. The van der Waals surface area contributed by atoms with E-state index in [0.717, 1.165) is 27.6 Å². The van der Waals surface area contributed by atoms with Crippen molar-refractivity contribution in [3.8, 4) is 17.0 Å². The van der Waals surface area contributed by atoms with Gasteiger partial charge in [0.2, 0.25) is 0 Å². The molecule has 0 saturated carbocycles. The first kappa shape index (κ1) is 20.5. The van der Waals surface area contributed by atoms with Crippen LogP contribution in [0.2, 0.25) is 0 Å². The molecule has 1 aromatic carbocycles. The molecular weight excluding hydrogens is 370 g/mol. The predicted octanol–water partition coefficient (Wildman–Crippen LogP) is 4.20. The summed E-state index contributed by atoms with van der Waals surface area (Å²) in [4.78, 5) is 8.76. The number of nitrogens with zero attached hydrogens (tertiary/aromatic N) is 2. The molecule has 1 atom stereocenters. The van der Waals surface area contributed by atoms with Crippen LogP contribution in [0.3, 0.4) is 0 Å². The number of aliphatic hydroxyl groups excluding tert-OH is 1. The molecule has 28 heavy (non-hydrogen) atoms. The Balaban J connectivity index is 1.43. The van der Waals surface area contributed by atoms with Gasteiger partial charge in [-0.1, -0.05) is 26.8 Å². The summed E-state index contributed by atoms with van der Waals surface area (Å²) in [6.45, 7) is 8.18. The lowest BCUT2D eigenvalue weighted by Gasteiger charge is -2.13. The number of pyridine rings is 1. The summed E-state index contributed by atoms with van der Waals surface area (Å²) in [6, 6.07) is 11.7. The number of rotatable bonds is 8. The molecule has 0 saturated heterocycles. The Kier molecular flexibility index (Phi) is 6.78. The zero-order valence-corrected chi connectivity index (χ0v) is 17.4. The molecule has 0 unspecified atom stereocenters. The van der Waals surface area contributed by atoms with Crippen molar-refractivity contribution in [2.24, 2.45) is 0 Å². The van der Waals surface area contributed by atoms with Crippen molar-refractivity contribution in [2.45, 2.75) is 32.3 Å². The Labute approximate surface area is 170 Å². The first-order valence-electron chi connectivity index (χ1n) is 9.41. The van der Waals surface area contributed by atoms with Crippen LogP contribution in [0.5, 0.6) is 5.75 Å². The molecule has 0 radical (unpaired) electrons. The zero-order chi connectivity index (χ0) is 20.0. The van der Waals surface area contributed by atoms with E-state index >= 15 is 0 Å². The molecule has 5 nitrogen and oxygen atoms in total. The average molecular weight is 398 g/mol. The third-order valence-corrected chi connectivity index (χ3v) is 5.52. The summed E-state index contributed by atoms with van der Waals surface area (Å²) in [5.41, 5.74) is 2.98. The summed E-state index contributed by atoms with van der Waals surface area (Å²) in [5, 5.41) is 16.5. The van der Waals surface area contributed by atoms with Crippen molar-refractivity contribution >= 4 is 11.3 Å². The normalized spacial score (nSPS) is 12.7. The lowest BCUT2D eigenvalue weighted by molar-refractivity contribution is 0.171. The molecule has 2 heterocycles. The molecule has 3 rings (SSSR count). The Morgan fingerprint density at radius 3 is 2.61 bits per heavy atom. The fraction of sp³-hybridized carbons (Fsp3) is 0.364. The summed E-state index contributed by atoms with van der Waals surface area (Å²) in [7, 11) is 0. The first-order valence-corrected chi connectivity index (χ1v) is 10.3. The van der Waals surface area contributed by atoms with E-state index in [1.165, 1.54) is 0 Å². The molecule has 0 aliphatic rings. The SMILES string of the molecule is CC(C)(C)c1nc(-c2ccc(OCCNC[C@H](O)c3cccnc3)cc2)cs1. The minimum Gasteiger partial charge on any atom is -0.492 e. The van der Waals surface area contributed by atoms with E-state index in [1.54, 1.807) is 23.7 Å². The van der Waals surface area contributed by atoms with Gasteiger partial charge in [0.1, 0.15) is 12.4 Å². The Morgan fingerprint density at radius 2 is 1.96 bits per heavy atom. The van der Waals surface area contributed by atoms with Crippen molar-refractivity contribution in [1.82, 2.24) is 15.3 Å². The third kappa shape index (κ3) is 5.61. The van der Waals surface area contributed by atoms with Crippen LogP contribution in [0.1, 0.15) is 37.4 Å².